The monoisotopic (exact) mass is 516 g/mol. The fourth-order valence-corrected chi connectivity index (χ4v) is 5.25. The Morgan fingerprint density at radius 2 is 1.77 bits per heavy atom. The van der Waals surface area contributed by atoms with Crippen LogP contribution in [0.5, 0.6) is 17.2 Å². The number of nitrogens with one attached hydrogen (secondary N) is 1. The SMILES string of the molecule is COc1ccc(S(=O)(=O)N(CC(=O)N[C@H](C)c2ccc3c(c2)OCCO3)c2cccc(Cl)c2)cc1. The molecule has 1 heterocycles. The highest BCUT2D eigenvalue weighted by atomic mass is 35.5. The molecule has 1 N–H and O–H groups in total. The summed E-state index contributed by atoms with van der Waals surface area (Å²) < 4.78 is 44.4. The van der Waals surface area contributed by atoms with Crippen molar-refractivity contribution < 1.29 is 27.4 Å². The number of ether oxygens (including phenoxy) is 3. The standard InChI is InChI=1S/C25H25ClN2O6S/c1-17(18-6-11-23-24(14-18)34-13-12-33-23)27-25(29)16-28(20-5-3-4-19(26)15-20)35(30,31)22-9-7-21(32-2)8-10-22/h3-11,14-15,17H,12-13,16H2,1-2H3,(H,27,29)/t17-/m1/s1. The normalized spacial score (nSPS) is 13.6. The molecule has 0 bridgehead atoms. The van der Waals surface area contributed by atoms with Crippen LogP contribution in [0.15, 0.2) is 71.6 Å². The minimum atomic E-state index is -4.08. The van der Waals surface area contributed by atoms with Crippen molar-refractivity contribution in [2.75, 3.05) is 31.2 Å². The Bertz CT molecular complexity index is 1310. The van der Waals surface area contributed by atoms with Gasteiger partial charge in [-0.15, -0.1) is 0 Å². The third-order valence-corrected chi connectivity index (χ3v) is 7.50. The Hall–Kier alpha value is -3.43. The zero-order valence-corrected chi connectivity index (χ0v) is 20.8. The molecular weight excluding hydrogens is 492 g/mol. The van der Waals surface area contributed by atoms with Crippen molar-refractivity contribution in [2.45, 2.75) is 17.9 Å². The van der Waals surface area contributed by atoms with Gasteiger partial charge in [0.1, 0.15) is 25.5 Å². The van der Waals surface area contributed by atoms with Gasteiger partial charge in [-0.05, 0) is 67.1 Å². The van der Waals surface area contributed by atoms with E-state index in [-0.39, 0.29) is 10.6 Å². The van der Waals surface area contributed by atoms with E-state index >= 15 is 0 Å². The van der Waals surface area contributed by atoms with Gasteiger partial charge in [-0.25, -0.2) is 8.42 Å². The minimum Gasteiger partial charge on any atom is -0.497 e. The Morgan fingerprint density at radius 3 is 2.46 bits per heavy atom. The molecule has 1 atom stereocenters. The summed E-state index contributed by atoms with van der Waals surface area (Å²) >= 11 is 6.12. The lowest BCUT2D eigenvalue weighted by Crippen LogP contribution is -2.41. The summed E-state index contributed by atoms with van der Waals surface area (Å²) in [6.45, 7) is 2.31. The summed E-state index contributed by atoms with van der Waals surface area (Å²) in [4.78, 5) is 13.1. The Morgan fingerprint density at radius 1 is 1.06 bits per heavy atom. The number of methoxy groups -OCH3 is 1. The van der Waals surface area contributed by atoms with Crippen LogP contribution < -0.4 is 23.8 Å². The van der Waals surface area contributed by atoms with Crippen molar-refractivity contribution in [1.29, 1.82) is 0 Å². The first-order chi connectivity index (χ1) is 16.8. The highest BCUT2D eigenvalue weighted by Gasteiger charge is 2.28. The van der Waals surface area contributed by atoms with Gasteiger partial charge in [0.2, 0.25) is 5.91 Å². The largest absolute Gasteiger partial charge is 0.497 e. The number of hydrogen-bond acceptors (Lipinski definition) is 6. The number of sulfonamides is 1. The molecule has 35 heavy (non-hydrogen) atoms. The molecule has 8 nitrogen and oxygen atoms in total. The van der Waals surface area contributed by atoms with Crippen LogP contribution in [0.4, 0.5) is 5.69 Å². The molecule has 0 aromatic heterocycles. The summed E-state index contributed by atoms with van der Waals surface area (Å²) in [6, 6.07) is 17.3. The third-order valence-electron chi connectivity index (χ3n) is 5.47. The summed E-state index contributed by atoms with van der Waals surface area (Å²) in [5.41, 5.74) is 1.07. The number of benzene rings is 3. The molecule has 0 aliphatic carbocycles. The van der Waals surface area contributed by atoms with Gasteiger partial charge in [-0.3, -0.25) is 9.10 Å². The minimum absolute atomic E-state index is 0.0194. The molecule has 184 valence electrons. The molecule has 0 fully saturated rings. The Kier molecular flexibility index (Phi) is 7.37. The first-order valence-corrected chi connectivity index (χ1v) is 12.7. The van der Waals surface area contributed by atoms with Gasteiger partial charge in [0.25, 0.3) is 10.0 Å². The molecule has 1 aliphatic heterocycles. The molecule has 4 rings (SSSR count). The predicted octanol–water partition coefficient (Wildman–Crippen LogP) is 4.19. The van der Waals surface area contributed by atoms with Gasteiger partial charge in [-0.1, -0.05) is 23.7 Å². The van der Waals surface area contributed by atoms with E-state index in [0.29, 0.717) is 35.5 Å². The number of carbonyl (C=O) groups is 1. The lowest BCUT2D eigenvalue weighted by molar-refractivity contribution is -0.120. The number of amides is 1. The molecule has 3 aromatic rings. The van der Waals surface area contributed by atoms with E-state index in [4.69, 9.17) is 25.8 Å². The van der Waals surface area contributed by atoms with E-state index < -0.39 is 28.5 Å². The van der Waals surface area contributed by atoms with E-state index in [1.54, 1.807) is 36.4 Å². The van der Waals surface area contributed by atoms with Crippen molar-refractivity contribution >= 4 is 33.2 Å². The van der Waals surface area contributed by atoms with Crippen LogP contribution in [0.25, 0.3) is 0 Å². The number of rotatable bonds is 8. The van der Waals surface area contributed by atoms with Gasteiger partial charge >= 0.3 is 0 Å². The summed E-state index contributed by atoms with van der Waals surface area (Å²) in [6.07, 6.45) is 0. The van der Waals surface area contributed by atoms with Crippen LogP contribution in [0.2, 0.25) is 5.02 Å². The number of carbonyl (C=O) groups excluding carboxylic acids is 1. The number of hydrogen-bond donors (Lipinski definition) is 1. The zero-order chi connectivity index (χ0) is 25.0. The number of nitrogens with zero attached hydrogens (tertiary/aromatic N) is 1. The smallest absolute Gasteiger partial charge is 0.264 e. The molecule has 1 aliphatic rings. The molecule has 10 heteroatoms. The van der Waals surface area contributed by atoms with E-state index in [0.717, 1.165) is 9.87 Å². The van der Waals surface area contributed by atoms with Crippen molar-refractivity contribution in [3.8, 4) is 17.2 Å². The van der Waals surface area contributed by atoms with Crippen LogP contribution in [-0.4, -0.2) is 41.2 Å². The van der Waals surface area contributed by atoms with Crippen molar-refractivity contribution in [3.63, 3.8) is 0 Å². The fraction of sp³-hybridized carbons (Fsp3) is 0.240. The quantitative estimate of drug-likeness (QED) is 0.482. The van der Waals surface area contributed by atoms with Crippen LogP contribution in [0.3, 0.4) is 0 Å². The highest BCUT2D eigenvalue weighted by molar-refractivity contribution is 7.92. The van der Waals surface area contributed by atoms with E-state index in [1.165, 1.54) is 25.3 Å². The summed E-state index contributed by atoms with van der Waals surface area (Å²) in [7, 11) is -2.59. The molecule has 0 spiro atoms. The molecule has 3 aromatic carbocycles. The number of halogens is 1. The molecular formula is C25H25ClN2O6S. The Labute approximate surface area is 209 Å². The van der Waals surface area contributed by atoms with Crippen molar-refractivity contribution in [3.05, 3.63) is 77.3 Å². The van der Waals surface area contributed by atoms with Crippen LogP contribution in [0, 0.1) is 0 Å². The third kappa shape index (κ3) is 5.63. The fourth-order valence-electron chi connectivity index (χ4n) is 3.65. The molecule has 0 unspecified atom stereocenters. The second-order valence-electron chi connectivity index (χ2n) is 7.86. The van der Waals surface area contributed by atoms with E-state index in [9.17, 15) is 13.2 Å². The maximum Gasteiger partial charge on any atom is 0.264 e. The lowest BCUT2D eigenvalue weighted by Gasteiger charge is -2.26. The maximum atomic E-state index is 13.5. The molecule has 0 saturated heterocycles. The van der Waals surface area contributed by atoms with Crippen LogP contribution >= 0.6 is 11.6 Å². The zero-order valence-electron chi connectivity index (χ0n) is 19.2. The van der Waals surface area contributed by atoms with Gasteiger partial charge in [0.15, 0.2) is 11.5 Å². The molecule has 0 radical (unpaired) electrons. The molecule has 1 amide bonds. The first-order valence-electron chi connectivity index (χ1n) is 10.9. The first kappa shape index (κ1) is 24.7. The second kappa shape index (κ2) is 10.5. The topological polar surface area (TPSA) is 94.2 Å². The summed E-state index contributed by atoms with van der Waals surface area (Å²) in [5.74, 6) is 1.29. The van der Waals surface area contributed by atoms with Crippen molar-refractivity contribution in [2.24, 2.45) is 0 Å². The number of fused-ring (bicyclic) bond motifs is 1. The van der Waals surface area contributed by atoms with Crippen LogP contribution in [-0.2, 0) is 14.8 Å². The predicted molar refractivity (Wildman–Crippen MR) is 133 cm³/mol. The number of anilines is 1. The van der Waals surface area contributed by atoms with Gasteiger partial charge in [0, 0.05) is 5.02 Å². The van der Waals surface area contributed by atoms with E-state index in [1.807, 2.05) is 19.1 Å². The van der Waals surface area contributed by atoms with Crippen molar-refractivity contribution in [1.82, 2.24) is 5.32 Å². The maximum absolute atomic E-state index is 13.5. The lowest BCUT2D eigenvalue weighted by atomic mass is 10.1. The van der Waals surface area contributed by atoms with Crippen LogP contribution in [0.1, 0.15) is 18.5 Å². The average Bonchev–Trinajstić information content (AvgIpc) is 2.86. The van der Waals surface area contributed by atoms with Gasteiger partial charge < -0.3 is 19.5 Å². The van der Waals surface area contributed by atoms with E-state index in [2.05, 4.69) is 5.32 Å². The van der Waals surface area contributed by atoms with Gasteiger partial charge in [0.05, 0.1) is 23.7 Å². The average molecular weight is 517 g/mol. The Balaban J connectivity index is 1.57. The second-order valence-corrected chi connectivity index (χ2v) is 10.2. The highest BCUT2D eigenvalue weighted by Crippen LogP contribution is 2.33. The molecule has 0 saturated carbocycles. The summed E-state index contributed by atoms with van der Waals surface area (Å²) in [5, 5.41) is 3.21. The van der Waals surface area contributed by atoms with Gasteiger partial charge in [-0.2, -0.15) is 0 Å².